The molecule has 1 saturated heterocycles. The van der Waals surface area contributed by atoms with Gasteiger partial charge in [0.15, 0.2) is 0 Å². The summed E-state index contributed by atoms with van der Waals surface area (Å²) in [6, 6.07) is 21.7. The number of carbonyl (C=O) groups excluding carboxylic acids is 1. The lowest BCUT2D eigenvalue weighted by molar-refractivity contribution is 0.187. The number of nitrogens with zero attached hydrogens (tertiary/aromatic N) is 4. The number of pyridine rings is 1. The highest BCUT2D eigenvalue weighted by Crippen LogP contribution is 2.29. The zero-order valence-corrected chi connectivity index (χ0v) is 24.6. The summed E-state index contributed by atoms with van der Waals surface area (Å²) < 4.78 is 4.73. The number of nitrogens with one attached hydrogen (secondary N) is 3. The van der Waals surface area contributed by atoms with Crippen molar-refractivity contribution in [2.24, 2.45) is 0 Å². The topological polar surface area (TPSA) is 104 Å². The van der Waals surface area contributed by atoms with E-state index in [1.807, 2.05) is 48.9 Å². The van der Waals surface area contributed by atoms with Crippen molar-refractivity contribution in [2.75, 3.05) is 35.7 Å². The molecule has 3 atom stereocenters. The van der Waals surface area contributed by atoms with E-state index in [1.54, 1.807) is 6.33 Å². The van der Waals surface area contributed by atoms with E-state index in [2.05, 4.69) is 66.1 Å². The van der Waals surface area contributed by atoms with Crippen LogP contribution in [0, 0.1) is 0 Å². The van der Waals surface area contributed by atoms with Crippen LogP contribution in [0.1, 0.15) is 38.5 Å². The smallest absolute Gasteiger partial charge is 0.411 e. The molecule has 1 aliphatic heterocycles. The molecule has 9 nitrogen and oxygen atoms in total. The van der Waals surface area contributed by atoms with Crippen molar-refractivity contribution in [3.05, 3.63) is 85.6 Å². The second kappa shape index (κ2) is 13.6. The lowest BCUT2D eigenvalue weighted by atomic mass is 9.89. The number of rotatable bonds is 8. The molecule has 3 heterocycles. The Morgan fingerprint density at radius 1 is 0.860 bits per heavy atom. The molecular weight excluding hydrogens is 538 g/mol. The van der Waals surface area contributed by atoms with Gasteiger partial charge >= 0.3 is 6.09 Å². The molecule has 2 aliphatic rings. The second-order valence-electron chi connectivity index (χ2n) is 11.4. The first-order valence-corrected chi connectivity index (χ1v) is 15.2. The van der Waals surface area contributed by atoms with Gasteiger partial charge in [-0.2, -0.15) is 0 Å². The molecule has 0 spiro atoms. The molecule has 1 aliphatic carbocycles. The monoisotopic (exact) mass is 577 g/mol. The predicted molar refractivity (Wildman–Crippen MR) is 171 cm³/mol. The van der Waals surface area contributed by atoms with Gasteiger partial charge in [0.05, 0.1) is 7.11 Å². The summed E-state index contributed by atoms with van der Waals surface area (Å²) >= 11 is 0. The maximum Gasteiger partial charge on any atom is 0.411 e. The highest BCUT2D eigenvalue weighted by molar-refractivity contribution is 5.86. The predicted octanol–water partition coefficient (Wildman–Crippen LogP) is 6.37. The second-order valence-corrected chi connectivity index (χ2v) is 11.4. The molecule has 0 bridgehead atoms. The number of carbonyl (C=O) groups is 1. The van der Waals surface area contributed by atoms with Crippen LogP contribution in [0.2, 0.25) is 0 Å². The zero-order valence-electron chi connectivity index (χ0n) is 24.6. The summed E-state index contributed by atoms with van der Waals surface area (Å²) in [4.78, 5) is 27.1. The first-order chi connectivity index (χ1) is 21.1. The lowest BCUT2D eigenvalue weighted by Crippen LogP contribution is -2.54. The molecule has 3 N–H and O–H groups in total. The van der Waals surface area contributed by atoms with Crippen LogP contribution >= 0.6 is 0 Å². The molecule has 0 unspecified atom stereocenters. The normalized spacial score (nSPS) is 20.3. The molecule has 1 amide bonds. The van der Waals surface area contributed by atoms with Crippen LogP contribution in [0.3, 0.4) is 0 Å². The van der Waals surface area contributed by atoms with Gasteiger partial charge in [0, 0.05) is 66.7 Å². The number of hydrogen-bond acceptors (Lipinski definition) is 8. The number of ether oxygens (including phenoxy) is 1. The molecular formula is C34H39N7O2. The summed E-state index contributed by atoms with van der Waals surface area (Å²) in [5, 5.41) is 10.5. The molecule has 4 aromatic rings. The minimum absolute atomic E-state index is 0.312. The third-order valence-corrected chi connectivity index (χ3v) is 8.48. The Hall–Kier alpha value is -4.50. The van der Waals surface area contributed by atoms with Gasteiger partial charge in [-0.3, -0.25) is 5.32 Å². The van der Waals surface area contributed by atoms with Crippen molar-refractivity contribution in [2.45, 2.75) is 56.7 Å². The highest BCUT2D eigenvalue weighted by Gasteiger charge is 2.29. The van der Waals surface area contributed by atoms with E-state index in [9.17, 15) is 4.79 Å². The number of anilines is 3. The van der Waals surface area contributed by atoms with E-state index >= 15 is 0 Å². The number of hydrogen-bond donors (Lipinski definition) is 3. The molecule has 2 aromatic carbocycles. The minimum atomic E-state index is -0.484. The standard InChI is InChI=1S/C34H39N7O2/c1-43-34(42)39-28-7-4-6-25(18-28)26-15-16-37-33(19-26)40-32-10-3-2-9-31(32)38-29-8-5-17-41(22-29)30-13-11-24(12-14-30)27-20-35-23-36-21-27/h4,6-7,11-16,18-21,23,29,31-32,38H,2-3,5,8-10,17,22H2,1H3,(H,37,40)(H,39,42)/t29-,31+,32+/m0/s1. The van der Waals surface area contributed by atoms with Gasteiger partial charge in [-0.25, -0.2) is 19.7 Å². The molecule has 222 valence electrons. The minimum Gasteiger partial charge on any atom is -0.453 e. The van der Waals surface area contributed by atoms with Gasteiger partial charge in [0.25, 0.3) is 0 Å². The molecule has 0 radical (unpaired) electrons. The van der Waals surface area contributed by atoms with Crippen LogP contribution in [-0.4, -0.2) is 59.4 Å². The third kappa shape index (κ3) is 7.29. The first-order valence-electron chi connectivity index (χ1n) is 15.2. The van der Waals surface area contributed by atoms with E-state index < -0.39 is 6.09 Å². The first kappa shape index (κ1) is 28.6. The van der Waals surface area contributed by atoms with E-state index in [-0.39, 0.29) is 0 Å². The summed E-state index contributed by atoms with van der Waals surface area (Å²) in [6.45, 7) is 2.08. The fourth-order valence-electron chi connectivity index (χ4n) is 6.29. The van der Waals surface area contributed by atoms with Gasteiger partial charge in [-0.15, -0.1) is 0 Å². The highest BCUT2D eigenvalue weighted by atomic mass is 16.5. The Bertz CT molecular complexity index is 1500. The Morgan fingerprint density at radius 2 is 1.65 bits per heavy atom. The van der Waals surface area contributed by atoms with E-state index in [0.29, 0.717) is 23.8 Å². The molecule has 1 saturated carbocycles. The fraction of sp³-hybridized carbons (Fsp3) is 0.353. The Balaban J connectivity index is 1.09. The fourth-order valence-corrected chi connectivity index (χ4v) is 6.29. The van der Waals surface area contributed by atoms with Crippen molar-refractivity contribution in [1.29, 1.82) is 0 Å². The van der Waals surface area contributed by atoms with E-state index in [1.165, 1.54) is 38.5 Å². The summed E-state index contributed by atoms with van der Waals surface area (Å²) in [5.41, 5.74) is 6.17. The Labute approximate surface area is 253 Å². The number of aromatic nitrogens is 3. The number of methoxy groups -OCH3 is 1. The van der Waals surface area contributed by atoms with Crippen LogP contribution in [0.15, 0.2) is 85.6 Å². The lowest BCUT2D eigenvalue weighted by Gasteiger charge is -2.40. The summed E-state index contributed by atoms with van der Waals surface area (Å²) in [5.74, 6) is 0.872. The number of amides is 1. The molecule has 9 heteroatoms. The van der Waals surface area contributed by atoms with Crippen LogP contribution in [0.4, 0.5) is 22.0 Å². The van der Waals surface area contributed by atoms with Gasteiger partial charge in [-0.1, -0.05) is 37.1 Å². The van der Waals surface area contributed by atoms with Crippen LogP contribution in [0.5, 0.6) is 0 Å². The number of benzene rings is 2. The maximum absolute atomic E-state index is 11.7. The van der Waals surface area contributed by atoms with E-state index in [0.717, 1.165) is 54.0 Å². The molecule has 2 aromatic heterocycles. The van der Waals surface area contributed by atoms with Gasteiger partial charge in [0.1, 0.15) is 12.1 Å². The van der Waals surface area contributed by atoms with Gasteiger partial charge in [0.2, 0.25) is 0 Å². The van der Waals surface area contributed by atoms with Crippen molar-refractivity contribution < 1.29 is 9.53 Å². The van der Waals surface area contributed by atoms with Crippen LogP contribution < -0.4 is 20.9 Å². The van der Waals surface area contributed by atoms with Crippen LogP contribution in [0.25, 0.3) is 22.3 Å². The Kier molecular flexibility index (Phi) is 9.08. The average Bonchev–Trinajstić information content (AvgIpc) is 3.06. The third-order valence-electron chi connectivity index (χ3n) is 8.48. The van der Waals surface area contributed by atoms with Crippen LogP contribution in [-0.2, 0) is 4.74 Å². The van der Waals surface area contributed by atoms with Gasteiger partial charge in [-0.05, 0) is 78.8 Å². The van der Waals surface area contributed by atoms with E-state index in [4.69, 9.17) is 4.74 Å². The average molecular weight is 578 g/mol. The number of piperidine rings is 1. The maximum atomic E-state index is 11.7. The van der Waals surface area contributed by atoms with Crippen molar-refractivity contribution in [3.8, 4) is 22.3 Å². The van der Waals surface area contributed by atoms with Crippen molar-refractivity contribution in [3.63, 3.8) is 0 Å². The largest absolute Gasteiger partial charge is 0.453 e. The quantitative estimate of drug-likeness (QED) is 0.222. The SMILES string of the molecule is COC(=O)Nc1cccc(-c2ccnc(N[C@@H]3CCCC[C@H]3N[C@H]3CCCN(c4ccc(-c5cncnc5)cc4)C3)c2)c1. The molecule has 6 rings (SSSR count). The molecule has 2 fully saturated rings. The molecule has 43 heavy (non-hydrogen) atoms. The van der Waals surface area contributed by atoms with Crippen molar-refractivity contribution in [1.82, 2.24) is 20.3 Å². The zero-order chi connectivity index (χ0) is 29.4. The summed E-state index contributed by atoms with van der Waals surface area (Å²) in [7, 11) is 1.36. The summed E-state index contributed by atoms with van der Waals surface area (Å²) in [6.07, 6.45) is 13.7. The van der Waals surface area contributed by atoms with Gasteiger partial charge < -0.3 is 20.3 Å². The van der Waals surface area contributed by atoms with Crippen molar-refractivity contribution >= 4 is 23.3 Å². The Morgan fingerprint density at radius 3 is 2.47 bits per heavy atom.